The molecule has 0 bridgehead atoms. The van der Waals surface area contributed by atoms with E-state index < -0.39 is 11.6 Å². The third kappa shape index (κ3) is 5.93. The molecule has 1 saturated carbocycles. The molecule has 0 heterocycles. The van der Waals surface area contributed by atoms with Crippen LogP contribution in [0.1, 0.15) is 75.0 Å². The highest BCUT2D eigenvalue weighted by molar-refractivity contribution is 5.33. The molecule has 0 unspecified atom stereocenters. The average molecular weight is 413 g/mol. The van der Waals surface area contributed by atoms with Crippen LogP contribution in [0.15, 0.2) is 48.6 Å². The predicted octanol–water partition coefficient (Wildman–Crippen LogP) is 7.78. The molecular formula is C27H34F2O. The maximum Gasteiger partial charge on any atom is 0.200 e. The van der Waals surface area contributed by atoms with E-state index in [4.69, 9.17) is 4.74 Å². The van der Waals surface area contributed by atoms with E-state index in [1.807, 2.05) is 0 Å². The Balaban J connectivity index is 1.46. The average Bonchev–Trinajstić information content (AvgIpc) is 2.77. The lowest BCUT2D eigenvalue weighted by Gasteiger charge is -2.27. The minimum absolute atomic E-state index is 0.00960. The summed E-state index contributed by atoms with van der Waals surface area (Å²) in [6.07, 6.45) is 12.9. The highest BCUT2D eigenvalue weighted by Gasteiger charge is 2.25. The van der Waals surface area contributed by atoms with Crippen LogP contribution in [0.4, 0.5) is 8.78 Å². The van der Waals surface area contributed by atoms with E-state index in [0.29, 0.717) is 18.1 Å². The molecule has 2 aromatic rings. The Hall–Kier alpha value is -2.16. The fourth-order valence-corrected chi connectivity index (χ4v) is 4.45. The number of rotatable bonds is 9. The smallest absolute Gasteiger partial charge is 0.200 e. The van der Waals surface area contributed by atoms with Crippen LogP contribution < -0.4 is 4.74 Å². The lowest BCUT2D eigenvalue weighted by Crippen LogP contribution is -2.14. The number of ether oxygens (including phenoxy) is 1. The van der Waals surface area contributed by atoms with Gasteiger partial charge in [0.05, 0.1) is 6.61 Å². The second-order valence-electron chi connectivity index (χ2n) is 8.36. The van der Waals surface area contributed by atoms with Gasteiger partial charge in [-0.05, 0) is 86.5 Å². The van der Waals surface area contributed by atoms with Crippen molar-refractivity contribution in [2.75, 3.05) is 6.61 Å². The Morgan fingerprint density at radius 3 is 2.17 bits per heavy atom. The van der Waals surface area contributed by atoms with Crippen molar-refractivity contribution in [2.24, 2.45) is 5.92 Å². The van der Waals surface area contributed by atoms with Crippen molar-refractivity contribution in [1.82, 2.24) is 0 Å². The summed E-state index contributed by atoms with van der Waals surface area (Å²) in [5.74, 6) is -0.926. The topological polar surface area (TPSA) is 9.23 Å². The summed E-state index contributed by atoms with van der Waals surface area (Å²) in [4.78, 5) is 0. The van der Waals surface area contributed by atoms with Crippen LogP contribution in [0.25, 0.3) is 0 Å². The van der Waals surface area contributed by atoms with Gasteiger partial charge in [0.25, 0.3) is 0 Å². The highest BCUT2D eigenvalue weighted by atomic mass is 19.2. The summed E-state index contributed by atoms with van der Waals surface area (Å²) < 4.78 is 33.8. The lowest BCUT2D eigenvalue weighted by molar-refractivity contribution is 0.310. The molecule has 0 aliphatic heterocycles. The number of hydrogen-bond donors (Lipinski definition) is 0. The van der Waals surface area contributed by atoms with Gasteiger partial charge in [0, 0.05) is 0 Å². The van der Waals surface area contributed by atoms with Gasteiger partial charge in [-0.25, -0.2) is 4.39 Å². The molecule has 162 valence electrons. The molecule has 1 fully saturated rings. The molecule has 1 nitrogen and oxygen atoms in total. The van der Waals surface area contributed by atoms with Crippen LogP contribution in [0, 0.1) is 17.6 Å². The van der Waals surface area contributed by atoms with Crippen LogP contribution in [0.5, 0.6) is 5.75 Å². The third-order valence-corrected chi connectivity index (χ3v) is 6.16. The number of hydrogen-bond acceptors (Lipinski definition) is 1. The van der Waals surface area contributed by atoms with E-state index in [1.54, 1.807) is 19.1 Å². The number of allylic oxidation sites excluding steroid dienone is 2. The van der Waals surface area contributed by atoms with Gasteiger partial charge in [0.15, 0.2) is 11.6 Å². The first kappa shape index (κ1) is 22.5. The SMILES string of the molecule is CCCc1ccc(CC/C=C/[C@H]2CC[C@H](c3ccc(OCC)c(F)c3F)CC2)cc1. The molecule has 0 radical (unpaired) electrons. The van der Waals surface area contributed by atoms with Crippen LogP contribution in [-0.4, -0.2) is 6.61 Å². The molecule has 0 atom stereocenters. The zero-order valence-electron chi connectivity index (χ0n) is 18.3. The number of benzene rings is 2. The van der Waals surface area contributed by atoms with Crippen LogP contribution in [0.3, 0.4) is 0 Å². The van der Waals surface area contributed by atoms with Crippen molar-refractivity contribution in [1.29, 1.82) is 0 Å². The van der Waals surface area contributed by atoms with Crippen molar-refractivity contribution in [2.45, 2.75) is 71.1 Å². The van der Waals surface area contributed by atoms with Gasteiger partial charge in [0.1, 0.15) is 0 Å². The summed E-state index contributed by atoms with van der Waals surface area (Å²) in [6.45, 7) is 4.31. The zero-order valence-corrected chi connectivity index (χ0v) is 18.3. The number of halogens is 2. The molecule has 30 heavy (non-hydrogen) atoms. The van der Waals surface area contributed by atoms with Crippen molar-refractivity contribution >= 4 is 0 Å². The van der Waals surface area contributed by atoms with Gasteiger partial charge < -0.3 is 4.74 Å². The molecule has 1 aliphatic carbocycles. The Kier molecular flexibility index (Phi) is 8.48. The number of aryl methyl sites for hydroxylation is 2. The summed E-state index contributed by atoms with van der Waals surface area (Å²) >= 11 is 0. The van der Waals surface area contributed by atoms with Crippen molar-refractivity contribution in [3.8, 4) is 5.75 Å². The molecule has 0 aromatic heterocycles. The second kappa shape index (κ2) is 11.3. The molecule has 2 aromatic carbocycles. The van der Waals surface area contributed by atoms with Crippen molar-refractivity contribution < 1.29 is 13.5 Å². The first-order valence-corrected chi connectivity index (χ1v) is 11.5. The Morgan fingerprint density at radius 2 is 1.53 bits per heavy atom. The van der Waals surface area contributed by atoms with Crippen molar-refractivity contribution in [3.05, 3.63) is 76.9 Å². The largest absolute Gasteiger partial charge is 0.491 e. The summed E-state index contributed by atoms with van der Waals surface area (Å²) in [5.41, 5.74) is 3.30. The molecule has 1 aliphatic rings. The highest BCUT2D eigenvalue weighted by Crippen LogP contribution is 2.39. The molecule has 0 amide bonds. The lowest BCUT2D eigenvalue weighted by atomic mass is 9.78. The Labute approximate surface area is 180 Å². The van der Waals surface area contributed by atoms with Gasteiger partial charge in [-0.3, -0.25) is 0 Å². The minimum Gasteiger partial charge on any atom is -0.491 e. The summed E-state index contributed by atoms with van der Waals surface area (Å²) in [6, 6.07) is 12.2. The molecular weight excluding hydrogens is 378 g/mol. The van der Waals surface area contributed by atoms with Gasteiger partial charge >= 0.3 is 0 Å². The summed E-state index contributed by atoms with van der Waals surface area (Å²) in [5, 5.41) is 0. The molecule has 0 N–H and O–H groups in total. The van der Waals surface area contributed by atoms with E-state index in [0.717, 1.165) is 44.9 Å². The molecule has 3 rings (SSSR count). The minimum atomic E-state index is -0.848. The molecule has 0 spiro atoms. The maximum atomic E-state index is 14.5. The first-order chi connectivity index (χ1) is 14.6. The van der Waals surface area contributed by atoms with Gasteiger partial charge in [-0.2, -0.15) is 4.39 Å². The monoisotopic (exact) mass is 412 g/mol. The fraction of sp³-hybridized carbons (Fsp3) is 0.481. The third-order valence-electron chi connectivity index (χ3n) is 6.16. The van der Waals surface area contributed by atoms with E-state index in [1.165, 1.54) is 17.5 Å². The van der Waals surface area contributed by atoms with Crippen LogP contribution >= 0.6 is 0 Å². The maximum absolute atomic E-state index is 14.5. The second-order valence-corrected chi connectivity index (χ2v) is 8.36. The van der Waals surface area contributed by atoms with Crippen LogP contribution in [0.2, 0.25) is 0 Å². The van der Waals surface area contributed by atoms with E-state index >= 15 is 0 Å². The Bertz CT molecular complexity index is 818. The molecule has 0 saturated heterocycles. The quantitative estimate of drug-likeness (QED) is 0.382. The van der Waals surface area contributed by atoms with Crippen molar-refractivity contribution in [3.63, 3.8) is 0 Å². The van der Waals surface area contributed by atoms with Gasteiger partial charge in [0.2, 0.25) is 5.82 Å². The van der Waals surface area contributed by atoms with Crippen LogP contribution in [-0.2, 0) is 12.8 Å². The zero-order chi connectivity index (χ0) is 21.3. The van der Waals surface area contributed by atoms with Gasteiger partial charge in [-0.15, -0.1) is 0 Å². The fourth-order valence-electron chi connectivity index (χ4n) is 4.45. The predicted molar refractivity (Wildman–Crippen MR) is 120 cm³/mol. The molecule has 3 heteroatoms. The standard InChI is InChI=1S/C27H34F2O/c1-3-7-20-10-12-21(13-11-20)8-5-6-9-22-14-16-23(17-15-22)24-18-19-25(30-4-2)27(29)26(24)28/h6,9-13,18-19,22-23H,3-5,7-8,14-17H2,1-2H3/b9-6+/t22-,23-. The van der Waals surface area contributed by atoms with Gasteiger partial charge in [-0.1, -0.05) is 55.8 Å². The Morgan fingerprint density at radius 1 is 0.867 bits per heavy atom. The van der Waals surface area contributed by atoms with E-state index in [9.17, 15) is 8.78 Å². The first-order valence-electron chi connectivity index (χ1n) is 11.5. The normalized spacial score (nSPS) is 19.3. The van der Waals surface area contributed by atoms with E-state index in [2.05, 4.69) is 43.3 Å². The summed E-state index contributed by atoms with van der Waals surface area (Å²) in [7, 11) is 0. The van der Waals surface area contributed by atoms with E-state index in [-0.39, 0.29) is 11.7 Å².